The van der Waals surface area contributed by atoms with Gasteiger partial charge in [0.15, 0.2) is 5.78 Å². The maximum atomic E-state index is 13.3. The molecule has 1 aliphatic heterocycles. The summed E-state index contributed by atoms with van der Waals surface area (Å²) in [7, 11) is 0. The number of hydrogen-bond donors (Lipinski definition) is 0. The molecule has 3 aromatic carbocycles. The second-order valence-electron chi connectivity index (χ2n) is 7.49. The van der Waals surface area contributed by atoms with E-state index < -0.39 is 5.92 Å². The molecular weight excluding hydrogens is 372 g/mol. The van der Waals surface area contributed by atoms with Crippen molar-refractivity contribution in [3.63, 3.8) is 0 Å². The van der Waals surface area contributed by atoms with Crippen LogP contribution in [-0.2, 0) is 28.9 Å². The molecule has 4 heteroatoms. The summed E-state index contributed by atoms with van der Waals surface area (Å²) in [6.45, 7) is 2.09. The van der Waals surface area contributed by atoms with Crippen molar-refractivity contribution in [2.24, 2.45) is 11.0 Å². The van der Waals surface area contributed by atoms with Crippen molar-refractivity contribution in [1.82, 2.24) is 0 Å². The van der Waals surface area contributed by atoms with Crippen LogP contribution in [0.15, 0.2) is 90.0 Å². The van der Waals surface area contributed by atoms with Crippen LogP contribution in [0, 0.1) is 5.92 Å². The van der Waals surface area contributed by atoms with Gasteiger partial charge in [0.2, 0.25) is 0 Å². The minimum Gasteiger partial charge on any atom is -0.298 e. The van der Waals surface area contributed by atoms with E-state index >= 15 is 0 Å². The SMILES string of the molecule is CCc1cccc(CC(=O)C2C(=O)N(c3ccccc3)N=C2Cc2ccccc2)c1. The van der Waals surface area contributed by atoms with E-state index in [0.717, 1.165) is 17.5 Å². The van der Waals surface area contributed by atoms with Crippen LogP contribution in [0.2, 0.25) is 0 Å². The van der Waals surface area contributed by atoms with Gasteiger partial charge in [0.05, 0.1) is 11.4 Å². The molecule has 30 heavy (non-hydrogen) atoms. The van der Waals surface area contributed by atoms with Crippen LogP contribution >= 0.6 is 0 Å². The lowest BCUT2D eigenvalue weighted by atomic mass is 9.89. The summed E-state index contributed by atoms with van der Waals surface area (Å²) in [6.07, 6.45) is 1.61. The molecule has 1 amide bonds. The van der Waals surface area contributed by atoms with E-state index in [0.29, 0.717) is 17.8 Å². The van der Waals surface area contributed by atoms with E-state index in [-0.39, 0.29) is 18.1 Å². The van der Waals surface area contributed by atoms with Gasteiger partial charge in [0.1, 0.15) is 5.92 Å². The molecule has 1 heterocycles. The molecule has 0 aromatic heterocycles. The lowest BCUT2D eigenvalue weighted by molar-refractivity contribution is -0.128. The van der Waals surface area contributed by atoms with Crippen molar-refractivity contribution in [1.29, 1.82) is 0 Å². The number of nitrogens with zero attached hydrogens (tertiary/aromatic N) is 2. The van der Waals surface area contributed by atoms with Gasteiger partial charge in [-0.3, -0.25) is 9.59 Å². The van der Waals surface area contributed by atoms with Crippen LogP contribution in [-0.4, -0.2) is 17.4 Å². The number of hydrazone groups is 1. The van der Waals surface area contributed by atoms with Crippen molar-refractivity contribution in [3.05, 3.63) is 102 Å². The number of anilines is 1. The van der Waals surface area contributed by atoms with E-state index in [4.69, 9.17) is 0 Å². The van der Waals surface area contributed by atoms with E-state index in [1.54, 1.807) is 0 Å². The fourth-order valence-electron chi connectivity index (χ4n) is 3.78. The highest BCUT2D eigenvalue weighted by Crippen LogP contribution is 2.27. The first kappa shape index (κ1) is 19.8. The van der Waals surface area contributed by atoms with Crippen LogP contribution in [0.3, 0.4) is 0 Å². The summed E-state index contributed by atoms with van der Waals surface area (Å²) in [5.41, 5.74) is 4.43. The zero-order valence-electron chi connectivity index (χ0n) is 17.0. The molecule has 0 aliphatic carbocycles. The van der Waals surface area contributed by atoms with Crippen molar-refractivity contribution in [2.45, 2.75) is 26.2 Å². The van der Waals surface area contributed by atoms with Crippen molar-refractivity contribution < 1.29 is 9.59 Å². The number of ketones is 1. The Balaban J connectivity index is 1.63. The largest absolute Gasteiger partial charge is 0.298 e. The van der Waals surface area contributed by atoms with Gasteiger partial charge in [-0.2, -0.15) is 10.1 Å². The highest BCUT2D eigenvalue weighted by Gasteiger charge is 2.41. The fourth-order valence-corrected chi connectivity index (χ4v) is 3.78. The summed E-state index contributed by atoms with van der Waals surface area (Å²) < 4.78 is 0. The first-order valence-corrected chi connectivity index (χ1v) is 10.3. The Bertz CT molecular complexity index is 1070. The highest BCUT2D eigenvalue weighted by molar-refractivity contribution is 6.28. The van der Waals surface area contributed by atoms with Crippen LogP contribution in [0.5, 0.6) is 0 Å². The Morgan fingerprint density at radius 3 is 2.20 bits per heavy atom. The molecule has 0 saturated heterocycles. The Hall–Kier alpha value is -3.53. The predicted octanol–water partition coefficient (Wildman–Crippen LogP) is 4.62. The van der Waals surface area contributed by atoms with Gasteiger partial charge in [0.25, 0.3) is 5.91 Å². The van der Waals surface area contributed by atoms with Crippen LogP contribution < -0.4 is 5.01 Å². The maximum absolute atomic E-state index is 13.3. The highest BCUT2D eigenvalue weighted by atomic mass is 16.2. The lowest BCUT2D eigenvalue weighted by Crippen LogP contribution is -2.34. The molecule has 1 aliphatic rings. The average Bonchev–Trinajstić information content (AvgIpc) is 3.11. The molecule has 150 valence electrons. The molecule has 0 bridgehead atoms. The Morgan fingerprint density at radius 2 is 1.50 bits per heavy atom. The third-order valence-corrected chi connectivity index (χ3v) is 5.35. The normalized spacial score (nSPS) is 15.9. The summed E-state index contributed by atoms with van der Waals surface area (Å²) in [5.74, 6) is -1.24. The van der Waals surface area contributed by atoms with Gasteiger partial charge in [0, 0.05) is 12.8 Å². The van der Waals surface area contributed by atoms with E-state index in [1.807, 2.05) is 84.9 Å². The molecule has 0 radical (unpaired) electrons. The first-order chi connectivity index (χ1) is 14.7. The Kier molecular flexibility index (Phi) is 5.84. The van der Waals surface area contributed by atoms with Crippen molar-refractivity contribution in [2.75, 3.05) is 5.01 Å². The monoisotopic (exact) mass is 396 g/mol. The third-order valence-electron chi connectivity index (χ3n) is 5.35. The van der Waals surface area contributed by atoms with Gasteiger partial charge >= 0.3 is 0 Å². The minimum absolute atomic E-state index is 0.110. The molecule has 4 rings (SSSR count). The predicted molar refractivity (Wildman–Crippen MR) is 120 cm³/mol. The molecule has 0 N–H and O–H groups in total. The quantitative estimate of drug-likeness (QED) is 0.547. The van der Waals surface area contributed by atoms with Crippen LogP contribution in [0.25, 0.3) is 0 Å². The first-order valence-electron chi connectivity index (χ1n) is 10.3. The lowest BCUT2D eigenvalue weighted by Gasteiger charge is -2.14. The molecule has 4 nitrogen and oxygen atoms in total. The standard InChI is InChI=1S/C26H24N2O2/c1-2-19-12-9-13-21(16-19)18-24(29)25-23(17-20-10-5-3-6-11-20)27-28(26(25)30)22-14-7-4-8-15-22/h3-16,25H,2,17-18H2,1H3. The topological polar surface area (TPSA) is 49.7 Å². The number of Topliss-reactive ketones (excluding diaryl/α,β-unsaturated/α-hetero) is 1. The number of hydrogen-bond acceptors (Lipinski definition) is 3. The zero-order valence-corrected chi connectivity index (χ0v) is 17.0. The third kappa shape index (κ3) is 4.23. The Labute approximate surface area is 176 Å². The second kappa shape index (κ2) is 8.87. The van der Waals surface area contributed by atoms with Crippen molar-refractivity contribution >= 4 is 23.1 Å². The smallest absolute Gasteiger partial charge is 0.263 e. The summed E-state index contributed by atoms with van der Waals surface area (Å²) in [6, 6.07) is 27.1. The van der Waals surface area contributed by atoms with Gasteiger partial charge in [-0.1, -0.05) is 79.7 Å². The van der Waals surface area contributed by atoms with Gasteiger partial charge in [-0.15, -0.1) is 0 Å². The van der Waals surface area contributed by atoms with Crippen molar-refractivity contribution in [3.8, 4) is 0 Å². The number of carbonyl (C=O) groups is 2. The van der Waals surface area contributed by atoms with Crippen LogP contribution in [0.1, 0.15) is 23.6 Å². The zero-order chi connectivity index (χ0) is 20.9. The summed E-state index contributed by atoms with van der Waals surface area (Å²) in [5, 5.41) is 5.97. The van der Waals surface area contributed by atoms with Gasteiger partial charge in [-0.05, 0) is 35.2 Å². The number of rotatable bonds is 7. The molecular formula is C26H24N2O2. The van der Waals surface area contributed by atoms with E-state index in [2.05, 4.69) is 12.0 Å². The molecule has 1 atom stereocenters. The maximum Gasteiger partial charge on any atom is 0.263 e. The Morgan fingerprint density at radius 1 is 0.867 bits per heavy atom. The summed E-state index contributed by atoms with van der Waals surface area (Å²) in [4.78, 5) is 26.5. The number of amides is 1. The second-order valence-corrected chi connectivity index (χ2v) is 7.49. The van der Waals surface area contributed by atoms with Gasteiger partial charge < -0.3 is 0 Å². The average molecular weight is 396 g/mol. The molecule has 0 saturated carbocycles. The molecule has 3 aromatic rings. The number of carbonyl (C=O) groups excluding carboxylic acids is 2. The molecule has 0 spiro atoms. The number of para-hydroxylation sites is 1. The fraction of sp³-hybridized carbons (Fsp3) is 0.192. The van der Waals surface area contributed by atoms with Gasteiger partial charge in [-0.25, -0.2) is 0 Å². The molecule has 1 unspecified atom stereocenters. The summed E-state index contributed by atoms with van der Waals surface area (Å²) >= 11 is 0. The van der Waals surface area contributed by atoms with E-state index in [1.165, 1.54) is 10.6 Å². The number of benzene rings is 3. The van der Waals surface area contributed by atoms with Crippen LogP contribution in [0.4, 0.5) is 5.69 Å². The number of aryl methyl sites for hydroxylation is 1. The minimum atomic E-state index is -0.851. The van der Waals surface area contributed by atoms with E-state index in [9.17, 15) is 9.59 Å². The molecule has 0 fully saturated rings.